The number of carbonyl (C=O) groups excluding carboxylic acids is 1. The highest BCUT2D eigenvalue weighted by Gasteiger charge is 2.28. The second kappa shape index (κ2) is 8.69. The fraction of sp³-hybridized carbons (Fsp3) is 0.682. The van der Waals surface area contributed by atoms with Gasteiger partial charge >= 0.3 is 0 Å². The van der Waals surface area contributed by atoms with Crippen molar-refractivity contribution in [2.24, 2.45) is 13.0 Å². The number of rotatable bonds is 8. The molecule has 4 rings (SSSR count). The van der Waals surface area contributed by atoms with Gasteiger partial charge in [-0.05, 0) is 50.5 Å². The molecule has 1 saturated heterocycles. The van der Waals surface area contributed by atoms with E-state index in [-0.39, 0.29) is 18.1 Å². The molecule has 1 amide bonds. The molecule has 7 nitrogen and oxygen atoms in total. The van der Waals surface area contributed by atoms with E-state index in [4.69, 9.17) is 4.74 Å². The van der Waals surface area contributed by atoms with Gasteiger partial charge < -0.3 is 15.0 Å². The van der Waals surface area contributed by atoms with Crippen LogP contribution in [0.1, 0.15) is 62.9 Å². The van der Waals surface area contributed by atoms with E-state index < -0.39 is 0 Å². The first-order valence-corrected chi connectivity index (χ1v) is 11.1. The van der Waals surface area contributed by atoms with E-state index in [0.717, 1.165) is 50.1 Å². The van der Waals surface area contributed by atoms with Gasteiger partial charge in [-0.2, -0.15) is 10.1 Å². The number of hydrogen-bond acceptors (Lipinski definition) is 5. The fourth-order valence-corrected chi connectivity index (χ4v) is 4.15. The van der Waals surface area contributed by atoms with Crippen molar-refractivity contribution in [1.29, 1.82) is 0 Å². The Morgan fingerprint density at radius 2 is 1.93 bits per heavy atom. The Morgan fingerprint density at radius 1 is 1.21 bits per heavy atom. The van der Waals surface area contributed by atoms with Crippen molar-refractivity contribution in [3.8, 4) is 5.88 Å². The Hall–Kier alpha value is -2.15. The number of fused-ring (bicyclic) bond motifs is 1. The molecule has 1 aliphatic heterocycles. The Morgan fingerprint density at radius 3 is 2.59 bits per heavy atom. The van der Waals surface area contributed by atoms with Gasteiger partial charge in [-0.3, -0.25) is 4.79 Å². The van der Waals surface area contributed by atoms with E-state index in [1.807, 2.05) is 19.2 Å². The SMILES string of the molecule is CCC(CC)Oc1ccc2c(C(=O)NC3CCN(CC4CC4)CC3)nn(C)c2n1. The highest BCUT2D eigenvalue weighted by Crippen LogP contribution is 2.30. The topological polar surface area (TPSA) is 72.3 Å². The molecule has 3 heterocycles. The van der Waals surface area contributed by atoms with E-state index in [1.54, 1.807) is 4.68 Å². The molecule has 0 unspecified atom stereocenters. The summed E-state index contributed by atoms with van der Waals surface area (Å²) in [6.07, 6.45) is 6.83. The Bertz CT molecular complexity index is 848. The van der Waals surface area contributed by atoms with Crippen LogP contribution in [0.4, 0.5) is 0 Å². The first-order chi connectivity index (χ1) is 14.1. The monoisotopic (exact) mass is 399 g/mol. The summed E-state index contributed by atoms with van der Waals surface area (Å²) >= 11 is 0. The quantitative estimate of drug-likeness (QED) is 0.738. The molecule has 0 atom stereocenters. The molecule has 0 bridgehead atoms. The minimum absolute atomic E-state index is 0.105. The molecule has 7 heteroatoms. The van der Waals surface area contributed by atoms with E-state index in [2.05, 4.69) is 34.1 Å². The van der Waals surface area contributed by atoms with Gasteiger partial charge in [-0.15, -0.1) is 0 Å². The second-order valence-corrected chi connectivity index (χ2v) is 8.54. The third kappa shape index (κ3) is 4.71. The Kier molecular flexibility index (Phi) is 6.04. The molecule has 1 aliphatic carbocycles. The van der Waals surface area contributed by atoms with Crippen molar-refractivity contribution in [3.63, 3.8) is 0 Å². The summed E-state index contributed by atoms with van der Waals surface area (Å²) in [7, 11) is 1.82. The smallest absolute Gasteiger partial charge is 0.272 e. The average molecular weight is 400 g/mol. The molecule has 0 radical (unpaired) electrons. The van der Waals surface area contributed by atoms with Crippen LogP contribution in [0.2, 0.25) is 0 Å². The van der Waals surface area contributed by atoms with Gasteiger partial charge in [0.2, 0.25) is 5.88 Å². The van der Waals surface area contributed by atoms with Crippen LogP contribution in [-0.2, 0) is 7.05 Å². The standard InChI is InChI=1S/C22H33N5O2/c1-4-17(5-2)29-19-9-8-18-20(25-26(3)21(18)24-19)22(28)23-16-10-12-27(13-11-16)14-15-6-7-15/h8-9,15-17H,4-7,10-14H2,1-3H3,(H,23,28). The van der Waals surface area contributed by atoms with Crippen LogP contribution in [0, 0.1) is 5.92 Å². The molecule has 29 heavy (non-hydrogen) atoms. The zero-order valence-electron chi connectivity index (χ0n) is 17.9. The maximum absolute atomic E-state index is 12.9. The van der Waals surface area contributed by atoms with Crippen molar-refractivity contribution >= 4 is 16.9 Å². The van der Waals surface area contributed by atoms with Gasteiger partial charge in [0.1, 0.15) is 0 Å². The molecule has 0 spiro atoms. The second-order valence-electron chi connectivity index (χ2n) is 8.54. The molecule has 2 fully saturated rings. The van der Waals surface area contributed by atoms with Crippen LogP contribution < -0.4 is 10.1 Å². The molecule has 0 aromatic carbocycles. The van der Waals surface area contributed by atoms with Crippen LogP contribution in [0.5, 0.6) is 5.88 Å². The van der Waals surface area contributed by atoms with Gasteiger partial charge in [0.25, 0.3) is 5.91 Å². The van der Waals surface area contributed by atoms with Crippen molar-refractivity contribution < 1.29 is 9.53 Å². The van der Waals surface area contributed by atoms with Gasteiger partial charge in [0.15, 0.2) is 11.3 Å². The van der Waals surface area contributed by atoms with Gasteiger partial charge in [0.05, 0.1) is 11.5 Å². The lowest BCUT2D eigenvalue weighted by Gasteiger charge is -2.32. The number of ether oxygens (including phenoxy) is 1. The summed E-state index contributed by atoms with van der Waals surface area (Å²) in [4.78, 5) is 20.0. The third-order valence-electron chi connectivity index (χ3n) is 6.21. The number of pyridine rings is 1. The number of nitrogens with one attached hydrogen (secondary N) is 1. The summed E-state index contributed by atoms with van der Waals surface area (Å²) in [5.41, 5.74) is 1.13. The summed E-state index contributed by atoms with van der Waals surface area (Å²) < 4.78 is 7.62. The first kappa shape index (κ1) is 20.1. The van der Waals surface area contributed by atoms with Crippen LogP contribution in [-0.4, -0.2) is 57.4 Å². The first-order valence-electron chi connectivity index (χ1n) is 11.1. The minimum Gasteiger partial charge on any atom is -0.474 e. The minimum atomic E-state index is -0.105. The zero-order valence-corrected chi connectivity index (χ0v) is 17.9. The highest BCUT2D eigenvalue weighted by molar-refractivity contribution is 6.04. The number of piperidine rings is 1. The Labute approximate surface area is 172 Å². The molecule has 1 N–H and O–H groups in total. The van der Waals surface area contributed by atoms with Gasteiger partial charge in [0, 0.05) is 38.8 Å². The van der Waals surface area contributed by atoms with Gasteiger partial charge in [-0.1, -0.05) is 13.8 Å². The van der Waals surface area contributed by atoms with Crippen molar-refractivity contribution in [3.05, 3.63) is 17.8 Å². The predicted octanol–water partition coefficient (Wildman–Crippen LogP) is 3.14. The van der Waals surface area contributed by atoms with E-state index >= 15 is 0 Å². The summed E-state index contributed by atoms with van der Waals surface area (Å²) in [6, 6.07) is 3.97. The number of amides is 1. The largest absolute Gasteiger partial charge is 0.474 e. The van der Waals surface area contributed by atoms with E-state index in [0.29, 0.717) is 17.2 Å². The number of nitrogens with zero attached hydrogens (tertiary/aromatic N) is 4. The van der Waals surface area contributed by atoms with Crippen LogP contribution >= 0.6 is 0 Å². The molecule has 1 saturated carbocycles. The maximum atomic E-state index is 12.9. The molecule has 2 aromatic rings. The van der Waals surface area contributed by atoms with Crippen LogP contribution in [0.3, 0.4) is 0 Å². The van der Waals surface area contributed by atoms with Crippen LogP contribution in [0.15, 0.2) is 12.1 Å². The summed E-state index contributed by atoms with van der Waals surface area (Å²) in [5, 5.41) is 8.42. The molecule has 2 aliphatic rings. The number of carbonyl (C=O) groups is 1. The number of hydrogen-bond donors (Lipinski definition) is 1. The maximum Gasteiger partial charge on any atom is 0.272 e. The number of likely N-dealkylation sites (tertiary alicyclic amines) is 1. The highest BCUT2D eigenvalue weighted by atomic mass is 16.5. The number of aryl methyl sites for hydroxylation is 1. The lowest BCUT2D eigenvalue weighted by molar-refractivity contribution is 0.0905. The third-order valence-corrected chi connectivity index (χ3v) is 6.21. The average Bonchev–Trinajstić information content (AvgIpc) is 3.49. The lowest BCUT2D eigenvalue weighted by Crippen LogP contribution is -2.45. The predicted molar refractivity (Wildman–Crippen MR) is 113 cm³/mol. The lowest BCUT2D eigenvalue weighted by atomic mass is 10.0. The molecule has 158 valence electrons. The van der Waals surface area contributed by atoms with Crippen molar-refractivity contribution in [2.45, 2.75) is 64.5 Å². The summed E-state index contributed by atoms with van der Waals surface area (Å²) in [6.45, 7) is 7.59. The zero-order chi connectivity index (χ0) is 20.4. The van der Waals surface area contributed by atoms with Crippen LogP contribution in [0.25, 0.3) is 11.0 Å². The molecular formula is C22H33N5O2. The number of aromatic nitrogens is 3. The molecule has 2 aromatic heterocycles. The summed E-state index contributed by atoms with van der Waals surface area (Å²) in [5.74, 6) is 1.41. The normalized spacial score (nSPS) is 18.5. The van der Waals surface area contributed by atoms with Gasteiger partial charge in [-0.25, -0.2) is 4.68 Å². The van der Waals surface area contributed by atoms with Crippen molar-refractivity contribution in [2.75, 3.05) is 19.6 Å². The van der Waals surface area contributed by atoms with E-state index in [9.17, 15) is 4.79 Å². The Balaban J connectivity index is 1.41. The molecular weight excluding hydrogens is 366 g/mol. The van der Waals surface area contributed by atoms with E-state index in [1.165, 1.54) is 19.4 Å². The fourth-order valence-electron chi connectivity index (χ4n) is 4.15. The van der Waals surface area contributed by atoms with Crippen molar-refractivity contribution in [1.82, 2.24) is 25.0 Å².